The van der Waals surface area contributed by atoms with E-state index in [1.807, 2.05) is 6.07 Å². The Morgan fingerprint density at radius 1 is 0.650 bits per heavy atom. The fourth-order valence-corrected chi connectivity index (χ4v) is 5.35. The standard InChI is InChI=1S/C33H32O7/c1-2-21-4-7-31(39-19-26-18-38-26)29(27(21)12-20(1)11-24-15-36-24)14-30-28-13-23(35-16-25-17-37-25)6-3-22(28)5-8-32(30)40-33-9-10-34-33/h1-8,12-13,24-26,33H,9-11,14-19H2. The Labute approximate surface area is 232 Å². The third kappa shape index (κ3) is 5.34. The molecule has 4 fully saturated rings. The molecule has 0 radical (unpaired) electrons. The molecule has 4 heterocycles. The maximum Gasteiger partial charge on any atom is 0.202 e. The first-order valence-corrected chi connectivity index (χ1v) is 14.2. The number of benzene rings is 4. The Bertz CT molecular complexity index is 1550. The second kappa shape index (κ2) is 10.2. The lowest BCUT2D eigenvalue weighted by Crippen LogP contribution is -2.32. The third-order valence-electron chi connectivity index (χ3n) is 8.02. The fraction of sp³-hybridized carbons (Fsp3) is 0.394. The van der Waals surface area contributed by atoms with Crippen molar-refractivity contribution in [3.05, 3.63) is 77.4 Å². The van der Waals surface area contributed by atoms with E-state index in [1.54, 1.807) is 0 Å². The van der Waals surface area contributed by atoms with Gasteiger partial charge in [0, 0.05) is 30.4 Å². The number of fused-ring (bicyclic) bond motifs is 2. The molecule has 4 atom stereocenters. The first kappa shape index (κ1) is 24.4. The molecular formula is C33H32O7. The van der Waals surface area contributed by atoms with Gasteiger partial charge in [-0.05, 0) is 51.4 Å². The zero-order chi connectivity index (χ0) is 26.5. The van der Waals surface area contributed by atoms with Crippen molar-refractivity contribution in [3.8, 4) is 17.2 Å². The van der Waals surface area contributed by atoms with Crippen LogP contribution in [0.1, 0.15) is 23.1 Å². The van der Waals surface area contributed by atoms with Crippen LogP contribution in [0.3, 0.4) is 0 Å². The smallest absolute Gasteiger partial charge is 0.202 e. The van der Waals surface area contributed by atoms with Crippen LogP contribution in [-0.4, -0.2) is 64.2 Å². The summed E-state index contributed by atoms with van der Waals surface area (Å²) in [6, 6.07) is 21.4. The van der Waals surface area contributed by atoms with Gasteiger partial charge in [-0.2, -0.15) is 0 Å². The lowest BCUT2D eigenvalue weighted by Gasteiger charge is -2.28. The van der Waals surface area contributed by atoms with Crippen LogP contribution in [-0.2, 0) is 31.8 Å². The largest absolute Gasteiger partial charge is 0.491 e. The number of hydrogen-bond donors (Lipinski definition) is 0. The first-order valence-electron chi connectivity index (χ1n) is 14.2. The molecule has 40 heavy (non-hydrogen) atoms. The van der Waals surface area contributed by atoms with E-state index < -0.39 is 0 Å². The molecule has 0 aliphatic carbocycles. The monoisotopic (exact) mass is 540 g/mol. The summed E-state index contributed by atoms with van der Waals surface area (Å²) in [5, 5.41) is 4.60. The van der Waals surface area contributed by atoms with Crippen molar-refractivity contribution < 1.29 is 33.2 Å². The normalized spacial score (nSPS) is 24.5. The molecule has 4 unspecified atom stereocenters. The highest BCUT2D eigenvalue weighted by molar-refractivity contribution is 5.92. The van der Waals surface area contributed by atoms with Gasteiger partial charge in [-0.25, -0.2) is 0 Å². The molecule has 0 aromatic heterocycles. The number of rotatable bonds is 12. The van der Waals surface area contributed by atoms with Crippen LogP contribution in [0.5, 0.6) is 17.2 Å². The van der Waals surface area contributed by atoms with Gasteiger partial charge in [-0.1, -0.05) is 36.4 Å². The van der Waals surface area contributed by atoms with Crippen LogP contribution in [0.25, 0.3) is 21.5 Å². The number of ether oxygens (including phenoxy) is 7. The molecule has 0 spiro atoms. The molecule has 8 rings (SSSR count). The van der Waals surface area contributed by atoms with Crippen molar-refractivity contribution in [2.75, 3.05) is 39.6 Å². The van der Waals surface area contributed by atoms with Crippen molar-refractivity contribution >= 4 is 21.5 Å². The van der Waals surface area contributed by atoms with E-state index in [-0.39, 0.29) is 18.5 Å². The average Bonchev–Trinajstić information content (AvgIpc) is 3.78. The summed E-state index contributed by atoms with van der Waals surface area (Å²) < 4.78 is 40.8. The van der Waals surface area contributed by atoms with Gasteiger partial charge in [0.1, 0.15) is 42.7 Å². The number of hydrogen-bond acceptors (Lipinski definition) is 7. The average molecular weight is 541 g/mol. The Morgan fingerprint density at radius 3 is 1.98 bits per heavy atom. The summed E-state index contributed by atoms with van der Waals surface area (Å²) in [5.74, 6) is 2.54. The molecule has 4 aliphatic rings. The van der Waals surface area contributed by atoms with E-state index in [1.165, 1.54) is 16.3 Å². The van der Waals surface area contributed by atoms with Crippen LogP contribution in [0.15, 0.2) is 60.7 Å². The molecule has 0 N–H and O–H groups in total. The minimum Gasteiger partial charge on any atom is -0.491 e. The van der Waals surface area contributed by atoms with Gasteiger partial charge in [-0.15, -0.1) is 0 Å². The third-order valence-corrected chi connectivity index (χ3v) is 8.02. The second-order valence-corrected chi connectivity index (χ2v) is 11.1. The highest BCUT2D eigenvalue weighted by Crippen LogP contribution is 2.39. The predicted octanol–water partition coefficient (Wildman–Crippen LogP) is 5.21. The van der Waals surface area contributed by atoms with Gasteiger partial charge in [0.05, 0.1) is 32.5 Å². The van der Waals surface area contributed by atoms with Gasteiger partial charge in [0.2, 0.25) is 6.29 Å². The molecule has 7 heteroatoms. The van der Waals surface area contributed by atoms with Crippen molar-refractivity contribution in [1.82, 2.24) is 0 Å². The minimum atomic E-state index is -0.219. The summed E-state index contributed by atoms with van der Waals surface area (Å²) in [5.41, 5.74) is 3.51. The first-order chi connectivity index (χ1) is 19.7. The van der Waals surface area contributed by atoms with Gasteiger partial charge in [-0.3, -0.25) is 0 Å². The zero-order valence-corrected chi connectivity index (χ0v) is 22.3. The predicted molar refractivity (Wildman–Crippen MR) is 150 cm³/mol. The Balaban J connectivity index is 1.23. The van der Waals surface area contributed by atoms with E-state index >= 15 is 0 Å². The molecule has 7 nitrogen and oxygen atoms in total. The molecule has 4 saturated heterocycles. The minimum absolute atomic E-state index is 0.171. The fourth-order valence-electron chi connectivity index (χ4n) is 5.35. The highest BCUT2D eigenvalue weighted by atomic mass is 16.7. The Morgan fingerprint density at radius 2 is 1.27 bits per heavy atom. The van der Waals surface area contributed by atoms with Crippen LogP contribution < -0.4 is 14.2 Å². The lowest BCUT2D eigenvalue weighted by molar-refractivity contribution is -0.165. The molecule has 4 aromatic rings. The van der Waals surface area contributed by atoms with E-state index in [0.717, 1.165) is 78.4 Å². The number of epoxide rings is 3. The summed E-state index contributed by atoms with van der Waals surface area (Å²) in [6.07, 6.45) is 2.92. The summed E-state index contributed by atoms with van der Waals surface area (Å²) in [4.78, 5) is 0. The van der Waals surface area contributed by atoms with E-state index in [9.17, 15) is 0 Å². The van der Waals surface area contributed by atoms with Crippen molar-refractivity contribution in [2.24, 2.45) is 0 Å². The lowest BCUT2D eigenvalue weighted by atomic mass is 9.92. The van der Waals surface area contributed by atoms with Crippen LogP contribution in [0.2, 0.25) is 0 Å². The quantitative estimate of drug-likeness (QED) is 0.229. The van der Waals surface area contributed by atoms with Crippen LogP contribution >= 0.6 is 0 Å². The maximum atomic E-state index is 6.39. The van der Waals surface area contributed by atoms with Gasteiger partial charge in [0.15, 0.2) is 0 Å². The SMILES string of the molecule is c1cc2ccc(OCC3CO3)c(Cc3c(OC4CCO4)ccc4ccc(OCC5CO5)cc34)c2cc1CC1CO1. The molecule has 0 bridgehead atoms. The Hall–Kier alpha value is -3.36. The van der Waals surface area contributed by atoms with E-state index in [4.69, 9.17) is 33.2 Å². The summed E-state index contributed by atoms with van der Waals surface area (Å²) >= 11 is 0. The van der Waals surface area contributed by atoms with Crippen molar-refractivity contribution in [3.63, 3.8) is 0 Å². The molecule has 0 amide bonds. The molecule has 4 aliphatic heterocycles. The van der Waals surface area contributed by atoms with Crippen molar-refractivity contribution in [2.45, 2.75) is 43.9 Å². The molecule has 0 saturated carbocycles. The van der Waals surface area contributed by atoms with Crippen LogP contribution in [0, 0.1) is 0 Å². The Kier molecular flexibility index (Phi) is 6.25. The molecular weight excluding hydrogens is 508 g/mol. The molecule has 4 aromatic carbocycles. The van der Waals surface area contributed by atoms with Gasteiger partial charge < -0.3 is 33.2 Å². The highest BCUT2D eigenvalue weighted by Gasteiger charge is 2.27. The maximum absolute atomic E-state index is 6.39. The topological polar surface area (TPSA) is 74.5 Å². The van der Waals surface area contributed by atoms with E-state index in [0.29, 0.717) is 25.7 Å². The summed E-state index contributed by atoms with van der Waals surface area (Å²) in [7, 11) is 0. The van der Waals surface area contributed by atoms with Crippen LogP contribution in [0.4, 0.5) is 0 Å². The van der Waals surface area contributed by atoms with Gasteiger partial charge in [0.25, 0.3) is 0 Å². The van der Waals surface area contributed by atoms with E-state index in [2.05, 4.69) is 54.6 Å². The molecule has 206 valence electrons. The summed E-state index contributed by atoms with van der Waals surface area (Å²) in [6.45, 7) is 4.20. The van der Waals surface area contributed by atoms with Gasteiger partial charge >= 0.3 is 0 Å². The van der Waals surface area contributed by atoms with Crippen molar-refractivity contribution in [1.29, 1.82) is 0 Å². The zero-order valence-electron chi connectivity index (χ0n) is 22.3. The second-order valence-electron chi connectivity index (χ2n) is 11.1.